The van der Waals surface area contributed by atoms with E-state index in [1.807, 2.05) is 6.07 Å². The molecule has 0 aliphatic carbocycles. The molecule has 4 heteroatoms. The van der Waals surface area contributed by atoms with Gasteiger partial charge in [0.2, 0.25) is 5.88 Å². The summed E-state index contributed by atoms with van der Waals surface area (Å²) in [5.74, 6) is 0.212. The maximum absolute atomic E-state index is 12.8. The minimum atomic E-state index is -0.376. The summed E-state index contributed by atoms with van der Waals surface area (Å²) in [7, 11) is 1.54. The van der Waals surface area contributed by atoms with E-state index in [2.05, 4.69) is 4.98 Å². The predicted molar refractivity (Wildman–Crippen MR) is 63.2 cm³/mol. The SMILES string of the molecule is COc1ncccc1C(N)c1ccc(F)cc1. The third-order valence-electron chi connectivity index (χ3n) is 2.56. The predicted octanol–water partition coefficient (Wildman–Crippen LogP) is 2.28. The molecule has 0 saturated heterocycles. The zero-order valence-corrected chi connectivity index (χ0v) is 9.43. The van der Waals surface area contributed by atoms with Crippen LogP contribution in [-0.4, -0.2) is 12.1 Å². The molecular weight excluding hydrogens is 219 g/mol. The molecule has 0 aliphatic heterocycles. The number of ether oxygens (including phenoxy) is 1. The molecule has 3 nitrogen and oxygen atoms in total. The van der Waals surface area contributed by atoms with Gasteiger partial charge in [-0.05, 0) is 23.8 Å². The lowest BCUT2D eigenvalue weighted by Gasteiger charge is -2.14. The smallest absolute Gasteiger partial charge is 0.218 e. The molecule has 0 fully saturated rings. The minimum absolute atomic E-state index is 0.279. The Kier molecular flexibility index (Phi) is 3.35. The Morgan fingerprint density at radius 1 is 1.24 bits per heavy atom. The van der Waals surface area contributed by atoms with Crippen molar-refractivity contribution in [3.8, 4) is 5.88 Å². The number of pyridine rings is 1. The van der Waals surface area contributed by atoms with E-state index in [1.54, 1.807) is 31.5 Å². The van der Waals surface area contributed by atoms with E-state index in [0.717, 1.165) is 11.1 Å². The van der Waals surface area contributed by atoms with Gasteiger partial charge in [0.25, 0.3) is 0 Å². The summed E-state index contributed by atoms with van der Waals surface area (Å²) in [5, 5.41) is 0. The van der Waals surface area contributed by atoms with Crippen LogP contribution in [-0.2, 0) is 0 Å². The molecule has 88 valence electrons. The minimum Gasteiger partial charge on any atom is -0.481 e. The third-order valence-corrected chi connectivity index (χ3v) is 2.56. The molecule has 17 heavy (non-hydrogen) atoms. The molecule has 1 unspecified atom stereocenters. The van der Waals surface area contributed by atoms with Crippen LogP contribution in [0.15, 0.2) is 42.6 Å². The Balaban J connectivity index is 2.36. The van der Waals surface area contributed by atoms with Gasteiger partial charge in [-0.2, -0.15) is 0 Å². The average molecular weight is 232 g/mol. The summed E-state index contributed by atoms with van der Waals surface area (Å²) in [6.45, 7) is 0. The Morgan fingerprint density at radius 2 is 1.94 bits per heavy atom. The highest BCUT2D eigenvalue weighted by molar-refractivity contribution is 5.36. The highest BCUT2D eigenvalue weighted by Crippen LogP contribution is 2.25. The van der Waals surface area contributed by atoms with Crippen LogP contribution in [0.2, 0.25) is 0 Å². The first-order valence-electron chi connectivity index (χ1n) is 5.22. The third kappa shape index (κ3) is 2.42. The van der Waals surface area contributed by atoms with E-state index in [1.165, 1.54) is 12.1 Å². The van der Waals surface area contributed by atoms with Gasteiger partial charge in [0.15, 0.2) is 0 Å². The van der Waals surface area contributed by atoms with Gasteiger partial charge in [-0.15, -0.1) is 0 Å². The van der Waals surface area contributed by atoms with Crippen molar-refractivity contribution >= 4 is 0 Å². The Morgan fingerprint density at radius 3 is 2.59 bits per heavy atom. The number of hydrogen-bond acceptors (Lipinski definition) is 3. The second-order valence-electron chi connectivity index (χ2n) is 3.63. The number of hydrogen-bond donors (Lipinski definition) is 1. The fourth-order valence-corrected chi connectivity index (χ4v) is 1.66. The molecule has 1 atom stereocenters. The van der Waals surface area contributed by atoms with Crippen molar-refractivity contribution in [1.82, 2.24) is 4.98 Å². The van der Waals surface area contributed by atoms with E-state index in [9.17, 15) is 4.39 Å². The summed E-state index contributed by atoms with van der Waals surface area (Å²) >= 11 is 0. The zero-order valence-electron chi connectivity index (χ0n) is 9.43. The van der Waals surface area contributed by atoms with E-state index < -0.39 is 0 Å². The largest absolute Gasteiger partial charge is 0.481 e. The topological polar surface area (TPSA) is 48.1 Å². The van der Waals surface area contributed by atoms with E-state index in [4.69, 9.17) is 10.5 Å². The van der Waals surface area contributed by atoms with Crippen LogP contribution in [0.4, 0.5) is 4.39 Å². The van der Waals surface area contributed by atoms with E-state index in [-0.39, 0.29) is 11.9 Å². The van der Waals surface area contributed by atoms with Crippen molar-refractivity contribution < 1.29 is 9.13 Å². The van der Waals surface area contributed by atoms with Gasteiger partial charge in [0.05, 0.1) is 13.2 Å². The molecule has 0 saturated carbocycles. The quantitative estimate of drug-likeness (QED) is 0.883. The summed E-state index contributed by atoms with van der Waals surface area (Å²) in [5.41, 5.74) is 7.70. The van der Waals surface area contributed by atoms with Gasteiger partial charge in [-0.25, -0.2) is 9.37 Å². The van der Waals surface area contributed by atoms with Crippen LogP contribution < -0.4 is 10.5 Å². The Bertz CT molecular complexity index is 499. The number of nitrogens with two attached hydrogens (primary N) is 1. The van der Waals surface area contributed by atoms with Gasteiger partial charge < -0.3 is 10.5 Å². The maximum Gasteiger partial charge on any atom is 0.218 e. The van der Waals surface area contributed by atoms with Crippen LogP contribution in [0.25, 0.3) is 0 Å². The molecule has 2 aromatic rings. The van der Waals surface area contributed by atoms with Crippen LogP contribution >= 0.6 is 0 Å². The Hall–Kier alpha value is -1.94. The average Bonchev–Trinajstić information content (AvgIpc) is 2.39. The highest BCUT2D eigenvalue weighted by Gasteiger charge is 2.14. The molecule has 0 bridgehead atoms. The van der Waals surface area contributed by atoms with Crippen molar-refractivity contribution in [2.75, 3.05) is 7.11 Å². The zero-order chi connectivity index (χ0) is 12.3. The van der Waals surface area contributed by atoms with Crippen LogP contribution in [0, 0.1) is 5.82 Å². The monoisotopic (exact) mass is 232 g/mol. The molecule has 0 aliphatic rings. The van der Waals surface area contributed by atoms with Crippen molar-refractivity contribution in [2.24, 2.45) is 5.73 Å². The normalized spacial score (nSPS) is 12.2. The van der Waals surface area contributed by atoms with Gasteiger partial charge in [0, 0.05) is 11.8 Å². The lowest BCUT2D eigenvalue weighted by molar-refractivity contribution is 0.390. The fourth-order valence-electron chi connectivity index (χ4n) is 1.66. The molecule has 0 spiro atoms. The molecule has 1 aromatic carbocycles. The summed E-state index contributed by atoms with van der Waals surface area (Å²) in [6.07, 6.45) is 1.64. The van der Waals surface area contributed by atoms with Gasteiger partial charge in [0.1, 0.15) is 5.82 Å². The van der Waals surface area contributed by atoms with Crippen molar-refractivity contribution in [3.63, 3.8) is 0 Å². The molecule has 1 aromatic heterocycles. The molecule has 1 heterocycles. The second-order valence-corrected chi connectivity index (χ2v) is 3.63. The van der Waals surface area contributed by atoms with Gasteiger partial charge >= 0.3 is 0 Å². The molecule has 2 rings (SSSR count). The first-order valence-corrected chi connectivity index (χ1v) is 5.22. The van der Waals surface area contributed by atoms with E-state index >= 15 is 0 Å². The Labute approximate surface area is 99.1 Å². The number of halogens is 1. The van der Waals surface area contributed by atoms with Crippen molar-refractivity contribution in [1.29, 1.82) is 0 Å². The summed E-state index contributed by atoms with van der Waals surface area (Å²) in [4.78, 5) is 4.09. The molecule has 0 amide bonds. The fraction of sp³-hybridized carbons (Fsp3) is 0.154. The number of benzene rings is 1. The van der Waals surface area contributed by atoms with Gasteiger partial charge in [-0.1, -0.05) is 18.2 Å². The first-order chi connectivity index (χ1) is 8.22. The van der Waals surface area contributed by atoms with Crippen LogP contribution in [0.1, 0.15) is 17.2 Å². The summed E-state index contributed by atoms with van der Waals surface area (Å²) < 4.78 is 18.0. The number of aromatic nitrogens is 1. The highest BCUT2D eigenvalue weighted by atomic mass is 19.1. The molecular formula is C13H13FN2O. The van der Waals surface area contributed by atoms with Crippen LogP contribution in [0.3, 0.4) is 0 Å². The number of methoxy groups -OCH3 is 1. The molecule has 0 radical (unpaired) electrons. The standard InChI is InChI=1S/C13H13FN2O/c1-17-13-11(3-2-8-16-13)12(15)9-4-6-10(14)7-5-9/h2-8,12H,15H2,1H3. The number of rotatable bonds is 3. The number of nitrogens with zero attached hydrogens (tertiary/aromatic N) is 1. The van der Waals surface area contributed by atoms with Crippen LogP contribution in [0.5, 0.6) is 5.88 Å². The maximum atomic E-state index is 12.8. The lowest BCUT2D eigenvalue weighted by atomic mass is 10.0. The lowest BCUT2D eigenvalue weighted by Crippen LogP contribution is -2.13. The second kappa shape index (κ2) is 4.93. The summed E-state index contributed by atoms with van der Waals surface area (Å²) in [6, 6.07) is 9.36. The van der Waals surface area contributed by atoms with E-state index in [0.29, 0.717) is 5.88 Å². The van der Waals surface area contributed by atoms with Crippen molar-refractivity contribution in [3.05, 3.63) is 59.5 Å². The first kappa shape index (κ1) is 11.5. The van der Waals surface area contributed by atoms with Crippen molar-refractivity contribution in [2.45, 2.75) is 6.04 Å². The van der Waals surface area contributed by atoms with Gasteiger partial charge in [-0.3, -0.25) is 0 Å². The molecule has 2 N–H and O–H groups in total.